The Kier molecular flexibility index (Phi) is 2.33. The van der Waals surface area contributed by atoms with Crippen molar-refractivity contribution < 1.29 is 9.90 Å². The first kappa shape index (κ1) is 8.59. The maximum Gasteiger partial charge on any atom is 0.336 e. The number of carboxylic acids is 1. The summed E-state index contributed by atoms with van der Waals surface area (Å²) in [5, 5.41) is 11.7. The van der Waals surface area contributed by atoms with Gasteiger partial charge in [0, 0.05) is 12.7 Å². The van der Waals surface area contributed by atoms with Gasteiger partial charge in [-0.3, -0.25) is 0 Å². The van der Waals surface area contributed by atoms with Crippen LogP contribution in [0.3, 0.4) is 0 Å². The molecule has 1 aromatic carbocycles. The van der Waals surface area contributed by atoms with Gasteiger partial charge < -0.3 is 10.4 Å². The molecule has 0 aliphatic heterocycles. The first-order valence-electron chi connectivity index (χ1n) is 3.67. The number of benzene rings is 1. The third kappa shape index (κ3) is 1.39. The van der Waals surface area contributed by atoms with Crippen LogP contribution < -0.4 is 5.32 Å². The van der Waals surface area contributed by atoms with E-state index in [1.807, 2.05) is 6.07 Å². The van der Waals surface area contributed by atoms with Crippen molar-refractivity contribution in [2.24, 2.45) is 0 Å². The summed E-state index contributed by atoms with van der Waals surface area (Å²) in [5.74, 6) is -0.885. The van der Waals surface area contributed by atoms with Crippen LogP contribution in [0, 0.1) is 6.92 Å². The van der Waals surface area contributed by atoms with Crippen LogP contribution in [0.2, 0.25) is 0 Å². The summed E-state index contributed by atoms with van der Waals surface area (Å²) in [6.07, 6.45) is 0. The van der Waals surface area contributed by atoms with E-state index >= 15 is 0 Å². The number of rotatable bonds is 2. The van der Waals surface area contributed by atoms with Crippen LogP contribution in [0.4, 0.5) is 5.69 Å². The highest BCUT2D eigenvalue weighted by Gasteiger charge is 2.08. The van der Waals surface area contributed by atoms with Gasteiger partial charge >= 0.3 is 5.97 Å². The lowest BCUT2D eigenvalue weighted by atomic mass is 10.1. The molecule has 0 bridgehead atoms. The van der Waals surface area contributed by atoms with Crippen LogP contribution >= 0.6 is 0 Å². The van der Waals surface area contributed by atoms with E-state index in [4.69, 9.17) is 5.11 Å². The molecule has 3 heteroatoms. The molecule has 1 aromatic rings. The van der Waals surface area contributed by atoms with Crippen molar-refractivity contribution in [2.45, 2.75) is 6.92 Å². The lowest BCUT2D eigenvalue weighted by Crippen LogP contribution is -2.02. The van der Waals surface area contributed by atoms with Gasteiger partial charge in [0.25, 0.3) is 0 Å². The predicted molar refractivity (Wildman–Crippen MR) is 47.7 cm³/mol. The average Bonchev–Trinajstić information content (AvgIpc) is 2.04. The second-order valence-electron chi connectivity index (χ2n) is 2.53. The number of anilines is 1. The first-order valence-corrected chi connectivity index (χ1v) is 3.67. The molecule has 0 unspecified atom stereocenters. The standard InChI is InChI=1S/C9H11NO2/c1-6-7(9(11)12)4-3-5-8(6)10-2/h3-5,10H,1-2H3,(H,11,12). The zero-order valence-corrected chi connectivity index (χ0v) is 7.09. The fourth-order valence-electron chi connectivity index (χ4n) is 1.14. The molecule has 0 spiro atoms. The van der Waals surface area contributed by atoms with E-state index in [1.54, 1.807) is 26.1 Å². The zero-order valence-electron chi connectivity index (χ0n) is 7.09. The van der Waals surface area contributed by atoms with Gasteiger partial charge in [-0.2, -0.15) is 0 Å². The van der Waals surface area contributed by atoms with Gasteiger partial charge in [-0.15, -0.1) is 0 Å². The molecular formula is C9H11NO2. The molecule has 0 saturated heterocycles. The highest BCUT2D eigenvalue weighted by atomic mass is 16.4. The Morgan fingerprint density at radius 1 is 1.50 bits per heavy atom. The van der Waals surface area contributed by atoms with Crippen molar-refractivity contribution in [2.75, 3.05) is 12.4 Å². The molecule has 64 valence electrons. The Labute approximate surface area is 71.0 Å². The van der Waals surface area contributed by atoms with Crippen molar-refractivity contribution in [1.82, 2.24) is 0 Å². The summed E-state index contributed by atoms with van der Waals surface area (Å²) in [5.41, 5.74) is 1.98. The molecule has 0 heterocycles. The Balaban J connectivity index is 3.23. The predicted octanol–water partition coefficient (Wildman–Crippen LogP) is 1.73. The summed E-state index contributed by atoms with van der Waals surface area (Å²) >= 11 is 0. The van der Waals surface area contributed by atoms with Crippen molar-refractivity contribution in [1.29, 1.82) is 0 Å². The summed E-state index contributed by atoms with van der Waals surface area (Å²) in [6, 6.07) is 5.17. The Morgan fingerprint density at radius 3 is 2.67 bits per heavy atom. The van der Waals surface area contributed by atoms with Crippen molar-refractivity contribution >= 4 is 11.7 Å². The van der Waals surface area contributed by atoms with Gasteiger partial charge in [0.05, 0.1) is 5.56 Å². The highest BCUT2D eigenvalue weighted by molar-refractivity contribution is 5.91. The molecule has 0 saturated carbocycles. The fraction of sp³-hybridized carbons (Fsp3) is 0.222. The van der Waals surface area contributed by atoms with E-state index in [1.165, 1.54) is 0 Å². The van der Waals surface area contributed by atoms with E-state index in [9.17, 15) is 4.79 Å². The summed E-state index contributed by atoms with van der Waals surface area (Å²) < 4.78 is 0. The molecule has 1 rings (SSSR count). The molecule has 0 fully saturated rings. The van der Waals surface area contributed by atoms with Gasteiger partial charge in [-0.1, -0.05) is 6.07 Å². The molecule has 0 aromatic heterocycles. The van der Waals surface area contributed by atoms with E-state index < -0.39 is 5.97 Å². The third-order valence-corrected chi connectivity index (χ3v) is 1.83. The molecule has 3 nitrogen and oxygen atoms in total. The van der Waals surface area contributed by atoms with Crippen LogP contribution in [-0.4, -0.2) is 18.1 Å². The van der Waals surface area contributed by atoms with Crippen molar-refractivity contribution in [3.63, 3.8) is 0 Å². The van der Waals surface area contributed by atoms with Crippen LogP contribution in [-0.2, 0) is 0 Å². The van der Waals surface area contributed by atoms with Gasteiger partial charge in [0.1, 0.15) is 0 Å². The van der Waals surface area contributed by atoms with Gasteiger partial charge in [0.2, 0.25) is 0 Å². The largest absolute Gasteiger partial charge is 0.478 e. The minimum absolute atomic E-state index is 0.349. The lowest BCUT2D eigenvalue weighted by Gasteiger charge is -2.06. The van der Waals surface area contributed by atoms with E-state index in [0.717, 1.165) is 11.3 Å². The molecule has 0 aliphatic rings. The van der Waals surface area contributed by atoms with Gasteiger partial charge in [0.15, 0.2) is 0 Å². The smallest absolute Gasteiger partial charge is 0.336 e. The van der Waals surface area contributed by atoms with Crippen LogP contribution in [0.25, 0.3) is 0 Å². The molecule has 2 N–H and O–H groups in total. The molecule has 0 radical (unpaired) electrons. The summed E-state index contributed by atoms with van der Waals surface area (Å²) in [6.45, 7) is 1.79. The number of aromatic carboxylic acids is 1. The summed E-state index contributed by atoms with van der Waals surface area (Å²) in [4.78, 5) is 10.7. The van der Waals surface area contributed by atoms with Gasteiger partial charge in [-0.25, -0.2) is 4.79 Å². The molecule has 0 atom stereocenters. The first-order chi connectivity index (χ1) is 5.66. The Hall–Kier alpha value is -1.51. The minimum atomic E-state index is -0.885. The Morgan fingerprint density at radius 2 is 2.17 bits per heavy atom. The normalized spacial score (nSPS) is 9.50. The van der Waals surface area contributed by atoms with Crippen molar-refractivity contribution in [3.05, 3.63) is 29.3 Å². The van der Waals surface area contributed by atoms with Crippen LogP contribution in [0.15, 0.2) is 18.2 Å². The quantitative estimate of drug-likeness (QED) is 0.701. The topological polar surface area (TPSA) is 49.3 Å². The SMILES string of the molecule is CNc1cccc(C(=O)O)c1C. The zero-order chi connectivity index (χ0) is 9.14. The lowest BCUT2D eigenvalue weighted by molar-refractivity contribution is 0.0696. The number of hydrogen-bond acceptors (Lipinski definition) is 2. The minimum Gasteiger partial charge on any atom is -0.478 e. The summed E-state index contributed by atoms with van der Waals surface area (Å²) in [7, 11) is 1.77. The monoisotopic (exact) mass is 165 g/mol. The second-order valence-corrected chi connectivity index (χ2v) is 2.53. The number of nitrogens with one attached hydrogen (secondary N) is 1. The molecule has 0 amide bonds. The maximum absolute atomic E-state index is 10.7. The average molecular weight is 165 g/mol. The number of carbonyl (C=O) groups is 1. The fourth-order valence-corrected chi connectivity index (χ4v) is 1.14. The maximum atomic E-state index is 10.7. The molecule has 0 aliphatic carbocycles. The molecule has 12 heavy (non-hydrogen) atoms. The van der Waals surface area contributed by atoms with E-state index in [2.05, 4.69) is 5.32 Å². The number of hydrogen-bond donors (Lipinski definition) is 2. The van der Waals surface area contributed by atoms with Crippen LogP contribution in [0.1, 0.15) is 15.9 Å². The second kappa shape index (κ2) is 3.26. The Bertz CT molecular complexity index is 307. The van der Waals surface area contributed by atoms with Crippen LogP contribution in [0.5, 0.6) is 0 Å². The van der Waals surface area contributed by atoms with Crippen molar-refractivity contribution in [3.8, 4) is 0 Å². The van der Waals surface area contributed by atoms with E-state index in [0.29, 0.717) is 5.56 Å². The van der Waals surface area contributed by atoms with E-state index in [-0.39, 0.29) is 0 Å². The number of carboxylic acid groups (broad SMARTS) is 1. The molecular weight excluding hydrogens is 154 g/mol. The van der Waals surface area contributed by atoms with Gasteiger partial charge in [-0.05, 0) is 24.6 Å². The third-order valence-electron chi connectivity index (χ3n) is 1.83. The highest BCUT2D eigenvalue weighted by Crippen LogP contribution is 2.17.